The predicted octanol–water partition coefficient (Wildman–Crippen LogP) is 2.42. The lowest BCUT2D eigenvalue weighted by Crippen LogP contribution is -2.30. The Morgan fingerprint density at radius 2 is 2.06 bits per heavy atom. The van der Waals surface area contributed by atoms with Gasteiger partial charge in [0.15, 0.2) is 0 Å². The van der Waals surface area contributed by atoms with Crippen LogP contribution in [-0.4, -0.2) is 25.7 Å². The van der Waals surface area contributed by atoms with Crippen LogP contribution in [0.3, 0.4) is 0 Å². The standard InChI is InChI=1S/C13H18ClNO2/c1-10(15-8-7-13(16)17-2)9-11-3-5-12(14)6-4-11/h3-6,10,15H,7-9H2,1-2H3. The topological polar surface area (TPSA) is 38.3 Å². The molecule has 0 fully saturated rings. The third-order valence-electron chi connectivity index (χ3n) is 2.50. The summed E-state index contributed by atoms with van der Waals surface area (Å²) in [6, 6.07) is 8.12. The second-order valence-electron chi connectivity index (χ2n) is 4.01. The first-order chi connectivity index (χ1) is 8.11. The Bertz CT molecular complexity index is 351. The summed E-state index contributed by atoms with van der Waals surface area (Å²) in [6.45, 7) is 2.73. The minimum atomic E-state index is -0.184. The van der Waals surface area contributed by atoms with Crippen molar-refractivity contribution in [3.63, 3.8) is 0 Å². The maximum atomic E-state index is 10.9. The van der Waals surface area contributed by atoms with Crippen molar-refractivity contribution in [2.75, 3.05) is 13.7 Å². The van der Waals surface area contributed by atoms with E-state index in [0.29, 0.717) is 19.0 Å². The molecule has 0 aliphatic rings. The molecule has 3 nitrogen and oxygen atoms in total. The smallest absolute Gasteiger partial charge is 0.306 e. The van der Waals surface area contributed by atoms with Crippen molar-refractivity contribution < 1.29 is 9.53 Å². The molecule has 0 amide bonds. The van der Waals surface area contributed by atoms with Crippen LogP contribution in [0.2, 0.25) is 5.02 Å². The number of nitrogens with one attached hydrogen (secondary N) is 1. The van der Waals surface area contributed by atoms with E-state index < -0.39 is 0 Å². The van der Waals surface area contributed by atoms with Crippen molar-refractivity contribution in [1.29, 1.82) is 0 Å². The molecule has 1 aromatic carbocycles. The zero-order valence-electron chi connectivity index (χ0n) is 10.2. The van der Waals surface area contributed by atoms with E-state index in [0.717, 1.165) is 11.4 Å². The highest BCUT2D eigenvalue weighted by atomic mass is 35.5. The molecule has 1 rings (SSSR count). The summed E-state index contributed by atoms with van der Waals surface area (Å²) in [5.41, 5.74) is 1.23. The summed E-state index contributed by atoms with van der Waals surface area (Å²) in [5, 5.41) is 4.03. The van der Waals surface area contributed by atoms with Gasteiger partial charge in [-0.2, -0.15) is 0 Å². The van der Waals surface area contributed by atoms with E-state index in [4.69, 9.17) is 11.6 Å². The summed E-state index contributed by atoms with van der Waals surface area (Å²) >= 11 is 5.82. The fourth-order valence-corrected chi connectivity index (χ4v) is 1.69. The van der Waals surface area contributed by atoms with E-state index in [1.807, 2.05) is 24.3 Å². The Morgan fingerprint density at radius 3 is 2.65 bits per heavy atom. The molecule has 4 heteroatoms. The van der Waals surface area contributed by atoms with Crippen LogP contribution in [0.5, 0.6) is 0 Å². The van der Waals surface area contributed by atoms with Crippen LogP contribution in [0, 0.1) is 0 Å². The number of carbonyl (C=O) groups excluding carboxylic acids is 1. The minimum absolute atomic E-state index is 0.184. The van der Waals surface area contributed by atoms with Crippen LogP contribution >= 0.6 is 11.6 Å². The number of rotatable bonds is 6. The number of benzene rings is 1. The van der Waals surface area contributed by atoms with E-state index in [2.05, 4.69) is 17.0 Å². The fraction of sp³-hybridized carbons (Fsp3) is 0.462. The first-order valence-corrected chi connectivity index (χ1v) is 6.04. The van der Waals surface area contributed by atoms with Gasteiger partial charge in [-0.05, 0) is 31.0 Å². The maximum Gasteiger partial charge on any atom is 0.306 e. The van der Waals surface area contributed by atoms with Crippen LogP contribution in [0.15, 0.2) is 24.3 Å². The van der Waals surface area contributed by atoms with Crippen LogP contribution in [0.1, 0.15) is 18.9 Å². The molecule has 0 aliphatic carbocycles. The number of carbonyl (C=O) groups is 1. The molecule has 94 valence electrons. The van der Waals surface area contributed by atoms with Gasteiger partial charge < -0.3 is 10.1 Å². The lowest BCUT2D eigenvalue weighted by Gasteiger charge is -2.13. The van der Waals surface area contributed by atoms with Crippen LogP contribution in [-0.2, 0) is 16.0 Å². The van der Waals surface area contributed by atoms with Gasteiger partial charge in [0, 0.05) is 17.6 Å². The summed E-state index contributed by atoms with van der Waals surface area (Å²) in [5.74, 6) is -0.184. The van der Waals surface area contributed by atoms with Crippen molar-refractivity contribution in [3.05, 3.63) is 34.9 Å². The third-order valence-corrected chi connectivity index (χ3v) is 2.76. The summed E-state index contributed by atoms with van der Waals surface area (Å²) in [6.07, 6.45) is 1.32. The number of ether oxygens (including phenoxy) is 1. The van der Waals surface area contributed by atoms with Crippen molar-refractivity contribution in [3.8, 4) is 0 Å². The highest BCUT2D eigenvalue weighted by Crippen LogP contribution is 2.10. The second-order valence-corrected chi connectivity index (χ2v) is 4.45. The normalized spacial score (nSPS) is 12.2. The second kappa shape index (κ2) is 7.30. The van der Waals surface area contributed by atoms with Gasteiger partial charge in [0.25, 0.3) is 0 Å². The van der Waals surface area contributed by atoms with Gasteiger partial charge in [-0.25, -0.2) is 0 Å². The monoisotopic (exact) mass is 255 g/mol. The molecule has 1 atom stereocenters. The zero-order valence-corrected chi connectivity index (χ0v) is 11.0. The molecule has 0 aromatic heterocycles. The number of hydrogen-bond donors (Lipinski definition) is 1. The SMILES string of the molecule is COC(=O)CCNC(C)Cc1ccc(Cl)cc1. The fourth-order valence-electron chi connectivity index (χ4n) is 1.57. The average molecular weight is 256 g/mol. The van der Waals surface area contributed by atoms with Gasteiger partial charge in [-0.15, -0.1) is 0 Å². The predicted molar refractivity (Wildman–Crippen MR) is 69.3 cm³/mol. The van der Waals surface area contributed by atoms with Gasteiger partial charge in [0.05, 0.1) is 13.5 Å². The highest BCUT2D eigenvalue weighted by Gasteiger charge is 2.05. The molecule has 0 saturated carbocycles. The molecule has 0 saturated heterocycles. The van der Waals surface area contributed by atoms with Crippen LogP contribution in [0.25, 0.3) is 0 Å². The molecule has 1 unspecified atom stereocenters. The first-order valence-electron chi connectivity index (χ1n) is 5.66. The molecule has 0 spiro atoms. The number of halogens is 1. The quantitative estimate of drug-likeness (QED) is 0.794. The van der Waals surface area contributed by atoms with Gasteiger partial charge in [0.1, 0.15) is 0 Å². The van der Waals surface area contributed by atoms with Crippen LogP contribution < -0.4 is 5.32 Å². The number of hydrogen-bond acceptors (Lipinski definition) is 3. The molecule has 1 N–H and O–H groups in total. The highest BCUT2D eigenvalue weighted by molar-refractivity contribution is 6.30. The van der Waals surface area contributed by atoms with E-state index in [-0.39, 0.29) is 5.97 Å². The molecule has 0 bridgehead atoms. The Hall–Kier alpha value is -1.06. The molecule has 1 aromatic rings. The number of esters is 1. The van der Waals surface area contributed by atoms with Gasteiger partial charge in [-0.3, -0.25) is 4.79 Å². The Kier molecular flexibility index (Phi) is 6.01. The lowest BCUT2D eigenvalue weighted by atomic mass is 10.1. The van der Waals surface area contributed by atoms with Crippen molar-refractivity contribution in [1.82, 2.24) is 5.32 Å². The van der Waals surface area contributed by atoms with E-state index in [1.54, 1.807) is 0 Å². The minimum Gasteiger partial charge on any atom is -0.469 e. The van der Waals surface area contributed by atoms with Gasteiger partial charge in [0.2, 0.25) is 0 Å². The molecular weight excluding hydrogens is 238 g/mol. The van der Waals surface area contributed by atoms with Crippen molar-refractivity contribution >= 4 is 17.6 Å². The molecule has 0 radical (unpaired) electrons. The Balaban J connectivity index is 2.27. The number of methoxy groups -OCH3 is 1. The summed E-state index contributed by atoms with van der Waals surface area (Å²) in [7, 11) is 1.40. The van der Waals surface area contributed by atoms with Gasteiger partial charge in [-0.1, -0.05) is 23.7 Å². The summed E-state index contributed by atoms with van der Waals surface area (Å²) < 4.78 is 4.57. The third kappa shape index (κ3) is 5.71. The summed E-state index contributed by atoms with van der Waals surface area (Å²) in [4.78, 5) is 10.9. The van der Waals surface area contributed by atoms with E-state index in [1.165, 1.54) is 12.7 Å². The first kappa shape index (κ1) is 14.0. The lowest BCUT2D eigenvalue weighted by molar-refractivity contribution is -0.140. The zero-order chi connectivity index (χ0) is 12.7. The van der Waals surface area contributed by atoms with Gasteiger partial charge >= 0.3 is 5.97 Å². The molecule has 0 aliphatic heterocycles. The Morgan fingerprint density at radius 1 is 1.41 bits per heavy atom. The van der Waals surface area contributed by atoms with E-state index in [9.17, 15) is 4.79 Å². The van der Waals surface area contributed by atoms with E-state index >= 15 is 0 Å². The maximum absolute atomic E-state index is 10.9. The largest absolute Gasteiger partial charge is 0.469 e. The van der Waals surface area contributed by atoms with Crippen LogP contribution in [0.4, 0.5) is 0 Å². The molecular formula is C13H18ClNO2. The molecule has 0 heterocycles. The van der Waals surface area contributed by atoms with Crippen molar-refractivity contribution in [2.45, 2.75) is 25.8 Å². The average Bonchev–Trinajstić information content (AvgIpc) is 2.32. The van der Waals surface area contributed by atoms with Crippen molar-refractivity contribution in [2.24, 2.45) is 0 Å². The Labute approximate surface area is 107 Å². The molecule has 17 heavy (non-hydrogen) atoms.